The summed E-state index contributed by atoms with van der Waals surface area (Å²) in [6, 6.07) is 4.37. The standard InChI is InChI=1S/C14H23ClN2OS/c1-10(16)14(12-5-6-13(15)19-12)17(2)8-11-4-3-7-18-9-11/h5-6,10-11,14H,3-4,7-9,16H2,1-2H3. The van der Waals surface area contributed by atoms with Gasteiger partial charge in [0.05, 0.1) is 17.0 Å². The molecule has 2 rings (SSSR count). The zero-order valence-electron chi connectivity index (χ0n) is 11.6. The molecule has 0 bridgehead atoms. The molecule has 0 spiro atoms. The first-order chi connectivity index (χ1) is 9.08. The van der Waals surface area contributed by atoms with Gasteiger partial charge in [-0.2, -0.15) is 0 Å². The largest absolute Gasteiger partial charge is 0.381 e. The average Bonchev–Trinajstić information content (AvgIpc) is 2.76. The van der Waals surface area contributed by atoms with Gasteiger partial charge in [-0.25, -0.2) is 0 Å². The van der Waals surface area contributed by atoms with Crippen LogP contribution in [-0.2, 0) is 4.74 Å². The van der Waals surface area contributed by atoms with Crippen LogP contribution in [0.2, 0.25) is 4.34 Å². The Bertz CT molecular complexity index is 391. The number of ether oxygens (including phenoxy) is 1. The lowest BCUT2D eigenvalue weighted by atomic mass is 9.99. The highest BCUT2D eigenvalue weighted by Crippen LogP contribution is 2.32. The van der Waals surface area contributed by atoms with E-state index in [4.69, 9.17) is 22.1 Å². The maximum atomic E-state index is 6.17. The molecule has 2 N–H and O–H groups in total. The van der Waals surface area contributed by atoms with E-state index in [1.54, 1.807) is 11.3 Å². The Balaban J connectivity index is 2.01. The van der Waals surface area contributed by atoms with Crippen molar-refractivity contribution in [1.29, 1.82) is 0 Å². The second-order valence-electron chi connectivity index (χ2n) is 5.47. The predicted molar refractivity (Wildman–Crippen MR) is 81.9 cm³/mol. The van der Waals surface area contributed by atoms with Crippen LogP contribution < -0.4 is 5.73 Å². The SMILES string of the molecule is CC(N)C(c1ccc(Cl)s1)N(C)CC1CCCOC1. The number of rotatable bonds is 5. The van der Waals surface area contributed by atoms with E-state index in [0.29, 0.717) is 5.92 Å². The molecule has 2 heterocycles. The van der Waals surface area contributed by atoms with Crippen LogP contribution in [0.1, 0.15) is 30.7 Å². The topological polar surface area (TPSA) is 38.5 Å². The van der Waals surface area contributed by atoms with Crippen LogP contribution in [0.15, 0.2) is 12.1 Å². The molecule has 3 unspecified atom stereocenters. The number of likely N-dealkylation sites (N-methyl/N-ethyl adjacent to an activating group) is 1. The lowest BCUT2D eigenvalue weighted by Gasteiger charge is -2.34. The summed E-state index contributed by atoms with van der Waals surface area (Å²) in [5.41, 5.74) is 6.17. The van der Waals surface area contributed by atoms with Gasteiger partial charge in [0, 0.05) is 24.1 Å². The van der Waals surface area contributed by atoms with Crippen LogP contribution in [0.4, 0.5) is 0 Å². The summed E-state index contributed by atoms with van der Waals surface area (Å²) >= 11 is 7.67. The molecule has 0 aliphatic carbocycles. The number of nitrogens with two attached hydrogens (primary N) is 1. The van der Waals surface area contributed by atoms with Crippen molar-refractivity contribution in [3.05, 3.63) is 21.3 Å². The number of thiophene rings is 1. The maximum absolute atomic E-state index is 6.17. The lowest BCUT2D eigenvalue weighted by molar-refractivity contribution is 0.0347. The minimum absolute atomic E-state index is 0.0872. The fraction of sp³-hybridized carbons (Fsp3) is 0.714. The highest BCUT2D eigenvalue weighted by molar-refractivity contribution is 7.16. The molecule has 1 aliphatic heterocycles. The molecule has 5 heteroatoms. The molecule has 1 aliphatic rings. The Hall–Kier alpha value is -0.130. The van der Waals surface area contributed by atoms with Crippen molar-refractivity contribution in [2.45, 2.75) is 31.8 Å². The van der Waals surface area contributed by atoms with E-state index in [-0.39, 0.29) is 12.1 Å². The average molecular weight is 303 g/mol. The van der Waals surface area contributed by atoms with Crippen LogP contribution in [0.5, 0.6) is 0 Å². The molecule has 3 nitrogen and oxygen atoms in total. The van der Waals surface area contributed by atoms with E-state index in [1.807, 2.05) is 6.07 Å². The van der Waals surface area contributed by atoms with Gasteiger partial charge in [-0.15, -0.1) is 11.3 Å². The summed E-state index contributed by atoms with van der Waals surface area (Å²) in [7, 11) is 2.15. The summed E-state index contributed by atoms with van der Waals surface area (Å²) in [5.74, 6) is 0.621. The molecule has 0 saturated carbocycles. The Morgan fingerprint density at radius 1 is 1.58 bits per heavy atom. The quantitative estimate of drug-likeness (QED) is 0.908. The van der Waals surface area contributed by atoms with Crippen molar-refractivity contribution in [3.63, 3.8) is 0 Å². The first kappa shape index (κ1) is 15.3. The lowest BCUT2D eigenvalue weighted by Crippen LogP contribution is -2.40. The summed E-state index contributed by atoms with van der Waals surface area (Å²) in [6.07, 6.45) is 2.42. The van der Waals surface area contributed by atoms with Gasteiger partial charge in [0.1, 0.15) is 0 Å². The molecule has 1 aromatic heterocycles. The molecule has 0 radical (unpaired) electrons. The highest BCUT2D eigenvalue weighted by Gasteiger charge is 2.25. The highest BCUT2D eigenvalue weighted by atomic mass is 35.5. The summed E-state index contributed by atoms with van der Waals surface area (Å²) in [4.78, 5) is 3.60. The van der Waals surface area contributed by atoms with E-state index in [1.165, 1.54) is 17.7 Å². The van der Waals surface area contributed by atoms with Crippen molar-refractivity contribution in [1.82, 2.24) is 4.90 Å². The van der Waals surface area contributed by atoms with Crippen LogP contribution in [0.25, 0.3) is 0 Å². The Morgan fingerprint density at radius 3 is 2.89 bits per heavy atom. The van der Waals surface area contributed by atoms with Gasteiger partial charge < -0.3 is 10.5 Å². The normalized spacial score (nSPS) is 23.5. The van der Waals surface area contributed by atoms with Gasteiger partial charge in [-0.1, -0.05) is 11.6 Å². The Kier molecular flexibility index (Phi) is 5.66. The van der Waals surface area contributed by atoms with E-state index in [9.17, 15) is 0 Å². The molecule has 0 amide bonds. The van der Waals surface area contributed by atoms with Crippen LogP contribution in [-0.4, -0.2) is 37.7 Å². The van der Waals surface area contributed by atoms with E-state index in [2.05, 4.69) is 24.9 Å². The van der Waals surface area contributed by atoms with Crippen LogP contribution in [0.3, 0.4) is 0 Å². The van der Waals surface area contributed by atoms with Gasteiger partial charge in [0.25, 0.3) is 0 Å². The van der Waals surface area contributed by atoms with Gasteiger partial charge in [0.2, 0.25) is 0 Å². The fourth-order valence-electron chi connectivity index (χ4n) is 2.84. The van der Waals surface area contributed by atoms with Crippen LogP contribution in [0, 0.1) is 5.92 Å². The predicted octanol–water partition coefficient (Wildman–Crippen LogP) is 3.15. The van der Waals surface area contributed by atoms with Crippen LogP contribution >= 0.6 is 22.9 Å². The molecule has 3 atom stereocenters. The van der Waals surface area contributed by atoms with Crippen molar-refractivity contribution < 1.29 is 4.74 Å². The Labute approximate surface area is 124 Å². The first-order valence-electron chi connectivity index (χ1n) is 6.86. The van der Waals surface area contributed by atoms with Gasteiger partial charge in [-0.05, 0) is 44.9 Å². The Morgan fingerprint density at radius 2 is 2.37 bits per heavy atom. The number of hydrogen-bond donors (Lipinski definition) is 1. The van der Waals surface area contributed by atoms with Crippen molar-refractivity contribution in [2.75, 3.05) is 26.8 Å². The fourth-order valence-corrected chi connectivity index (χ4v) is 4.18. The molecular weight excluding hydrogens is 280 g/mol. The van der Waals surface area contributed by atoms with Gasteiger partial charge >= 0.3 is 0 Å². The molecule has 1 aromatic rings. The molecule has 19 heavy (non-hydrogen) atoms. The second kappa shape index (κ2) is 7.04. The number of nitrogens with zero attached hydrogens (tertiary/aromatic N) is 1. The smallest absolute Gasteiger partial charge is 0.0931 e. The zero-order chi connectivity index (χ0) is 13.8. The molecule has 1 fully saturated rings. The third kappa shape index (κ3) is 4.17. The number of halogens is 1. The zero-order valence-corrected chi connectivity index (χ0v) is 13.2. The first-order valence-corrected chi connectivity index (χ1v) is 8.06. The summed E-state index contributed by atoms with van der Waals surface area (Å²) < 4.78 is 6.39. The monoisotopic (exact) mass is 302 g/mol. The van der Waals surface area contributed by atoms with Crippen molar-refractivity contribution >= 4 is 22.9 Å². The van der Waals surface area contributed by atoms with Gasteiger partial charge in [0.15, 0.2) is 0 Å². The second-order valence-corrected chi connectivity index (χ2v) is 7.22. The van der Waals surface area contributed by atoms with E-state index >= 15 is 0 Å². The van der Waals surface area contributed by atoms with Crippen molar-refractivity contribution in [2.24, 2.45) is 11.7 Å². The van der Waals surface area contributed by atoms with Gasteiger partial charge in [-0.3, -0.25) is 4.90 Å². The minimum atomic E-state index is 0.0872. The summed E-state index contributed by atoms with van der Waals surface area (Å²) in [6.45, 7) is 4.88. The van der Waals surface area contributed by atoms with E-state index < -0.39 is 0 Å². The molecule has 0 aromatic carbocycles. The third-order valence-electron chi connectivity index (χ3n) is 3.66. The summed E-state index contributed by atoms with van der Waals surface area (Å²) in [5, 5.41) is 0. The third-order valence-corrected chi connectivity index (χ3v) is 4.96. The molecule has 108 valence electrons. The van der Waals surface area contributed by atoms with E-state index in [0.717, 1.165) is 24.1 Å². The van der Waals surface area contributed by atoms with Crippen molar-refractivity contribution in [3.8, 4) is 0 Å². The molecular formula is C14H23ClN2OS. The number of hydrogen-bond acceptors (Lipinski definition) is 4. The molecule has 1 saturated heterocycles. The maximum Gasteiger partial charge on any atom is 0.0931 e. The minimum Gasteiger partial charge on any atom is -0.381 e.